The maximum atomic E-state index is 12.9. The van der Waals surface area contributed by atoms with Gasteiger partial charge in [0.1, 0.15) is 12.1 Å². The third-order valence-electron chi connectivity index (χ3n) is 6.84. The Morgan fingerprint density at radius 1 is 1.06 bits per heavy atom. The van der Waals surface area contributed by atoms with E-state index in [9.17, 15) is 14.4 Å². The van der Waals surface area contributed by atoms with E-state index in [1.54, 1.807) is 11.8 Å². The fourth-order valence-electron chi connectivity index (χ4n) is 4.72. The Kier molecular flexibility index (Phi) is 11.9. The Morgan fingerprint density at radius 2 is 1.71 bits per heavy atom. The summed E-state index contributed by atoms with van der Waals surface area (Å²) in [6.07, 6.45) is 10.0. The molecule has 0 unspecified atom stereocenters. The first-order chi connectivity index (χ1) is 16.3. The number of carbonyl (C=O) groups excluding carboxylic acids is 3. The molecular weight excluding hydrogens is 448 g/mol. The number of hydrogen-bond donors (Lipinski definition) is 2. The molecule has 0 aliphatic heterocycles. The van der Waals surface area contributed by atoms with Gasteiger partial charge in [0.2, 0.25) is 5.91 Å². The van der Waals surface area contributed by atoms with Crippen LogP contribution in [0, 0.1) is 11.8 Å². The summed E-state index contributed by atoms with van der Waals surface area (Å²) in [4.78, 5) is 37.9. The molecule has 1 fully saturated rings. The van der Waals surface area contributed by atoms with Crippen LogP contribution in [0.5, 0.6) is 0 Å². The molecule has 1 saturated carbocycles. The summed E-state index contributed by atoms with van der Waals surface area (Å²) in [7, 11) is 1.30. The van der Waals surface area contributed by atoms with Gasteiger partial charge in [-0.25, -0.2) is 4.79 Å². The van der Waals surface area contributed by atoms with Gasteiger partial charge in [-0.1, -0.05) is 45.7 Å². The van der Waals surface area contributed by atoms with Gasteiger partial charge >= 0.3 is 5.97 Å². The molecule has 0 bridgehead atoms. The molecule has 2 amide bonds. The maximum Gasteiger partial charge on any atom is 0.328 e. The fraction of sp³-hybridized carbons (Fsp3) is 0.667. The third-order valence-corrected chi connectivity index (χ3v) is 7.48. The summed E-state index contributed by atoms with van der Waals surface area (Å²) >= 11 is 1.60. The number of thioether (sulfide) groups is 1. The summed E-state index contributed by atoms with van der Waals surface area (Å²) in [5, 5.41) is 5.63. The Bertz CT molecular complexity index is 788. The maximum absolute atomic E-state index is 12.9. The number of methoxy groups -OCH3 is 1. The number of rotatable bonds is 12. The van der Waals surface area contributed by atoms with Gasteiger partial charge in [0.25, 0.3) is 5.91 Å². The molecule has 1 aliphatic carbocycles. The molecule has 0 heterocycles. The first kappa shape index (κ1) is 28.2. The van der Waals surface area contributed by atoms with Crippen LogP contribution in [0.2, 0.25) is 0 Å². The number of esters is 1. The van der Waals surface area contributed by atoms with Crippen molar-refractivity contribution in [3.63, 3.8) is 0 Å². The lowest BCUT2D eigenvalue weighted by atomic mass is 9.77. The van der Waals surface area contributed by atoms with Gasteiger partial charge in [-0.3, -0.25) is 9.59 Å². The predicted molar refractivity (Wildman–Crippen MR) is 139 cm³/mol. The lowest BCUT2D eigenvalue weighted by Gasteiger charge is -2.28. The number of amides is 2. The average molecular weight is 491 g/mol. The molecule has 2 N–H and O–H groups in total. The van der Waals surface area contributed by atoms with Crippen molar-refractivity contribution in [3.05, 3.63) is 35.4 Å². The second-order valence-electron chi connectivity index (χ2n) is 9.69. The quantitative estimate of drug-likeness (QED) is 0.406. The zero-order chi connectivity index (χ0) is 25.1. The van der Waals surface area contributed by atoms with E-state index in [-0.39, 0.29) is 17.7 Å². The Balaban J connectivity index is 2.01. The first-order valence-corrected chi connectivity index (χ1v) is 14.0. The van der Waals surface area contributed by atoms with E-state index in [1.165, 1.54) is 51.2 Å². The number of carbonyl (C=O) groups is 3. The topological polar surface area (TPSA) is 84.5 Å². The molecule has 2 rings (SSSR count). The normalized spacial score (nSPS) is 19.8. The molecule has 0 aromatic heterocycles. The van der Waals surface area contributed by atoms with E-state index in [4.69, 9.17) is 4.74 Å². The molecular formula is C27H42N2O4S. The first-order valence-electron chi connectivity index (χ1n) is 12.6. The molecule has 0 radical (unpaired) electrons. The van der Waals surface area contributed by atoms with Crippen LogP contribution in [0.25, 0.3) is 0 Å². The van der Waals surface area contributed by atoms with Gasteiger partial charge in [0.15, 0.2) is 0 Å². The van der Waals surface area contributed by atoms with Crippen molar-refractivity contribution in [2.75, 3.05) is 19.1 Å². The summed E-state index contributed by atoms with van der Waals surface area (Å²) in [6, 6.07) is 6.36. The molecule has 0 saturated heterocycles. The van der Waals surface area contributed by atoms with Gasteiger partial charge in [0, 0.05) is 5.56 Å². The highest BCUT2D eigenvalue weighted by Gasteiger charge is 2.29. The van der Waals surface area contributed by atoms with Gasteiger partial charge < -0.3 is 15.4 Å². The number of benzene rings is 1. The monoisotopic (exact) mass is 490 g/mol. The summed E-state index contributed by atoms with van der Waals surface area (Å²) in [5.74, 6) is 0.880. The number of nitrogens with one attached hydrogen (secondary N) is 2. The second-order valence-corrected chi connectivity index (χ2v) is 10.7. The van der Waals surface area contributed by atoms with E-state index in [1.807, 2.05) is 32.2 Å². The Hall–Kier alpha value is -2.02. The van der Waals surface area contributed by atoms with Gasteiger partial charge in [0.05, 0.1) is 7.11 Å². The van der Waals surface area contributed by atoms with Crippen molar-refractivity contribution >= 4 is 29.5 Å². The van der Waals surface area contributed by atoms with E-state index in [0.717, 1.165) is 5.92 Å². The smallest absolute Gasteiger partial charge is 0.328 e. The van der Waals surface area contributed by atoms with Crippen molar-refractivity contribution in [2.45, 2.75) is 83.7 Å². The van der Waals surface area contributed by atoms with Crippen LogP contribution in [0.1, 0.15) is 87.6 Å². The standard InChI is InChI=1S/C27H42N2O4S/c1-6-7-19-8-10-20(11-9-19)21-12-14-22(15-13-21)25(30)28-23(16-17-34-5)26(31)29-24(18(2)3)27(32)33-4/h12-15,18-20,23-24H,6-11,16-17H2,1-5H3,(H,28,30)(H,29,31)/t19?,20?,23-,24+/m0/s1. The molecule has 190 valence electrons. The second kappa shape index (κ2) is 14.4. The van der Waals surface area contributed by atoms with Crippen LogP contribution in [0.3, 0.4) is 0 Å². The van der Waals surface area contributed by atoms with Crippen LogP contribution >= 0.6 is 11.8 Å². The Morgan fingerprint density at radius 3 is 2.24 bits per heavy atom. The minimum Gasteiger partial charge on any atom is -0.467 e. The number of ether oxygens (including phenoxy) is 1. The van der Waals surface area contributed by atoms with Crippen LogP contribution in [-0.4, -0.2) is 49.0 Å². The van der Waals surface area contributed by atoms with E-state index >= 15 is 0 Å². The minimum atomic E-state index is -0.752. The lowest BCUT2D eigenvalue weighted by molar-refractivity contribution is -0.146. The summed E-state index contributed by atoms with van der Waals surface area (Å²) in [6.45, 7) is 5.94. The highest BCUT2D eigenvalue weighted by atomic mass is 32.2. The van der Waals surface area contributed by atoms with Crippen LogP contribution in [-0.2, 0) is 14.3 Å². The van der Waals surface area contributed by atoms with E-state index < -0.39 is 18.1 Å². The van der Waals surface area contributed by atoms with Crippen LogP contribution < -0.4 is 10.6 Å². The third kappa shape index (κ3) is 8.33. The van der Waals surface area contributed by atoms with Crippen LogP contribution in [0.15, 0.2) is 24.3 Å². The molecule has 1 aromatic carbocycles. The lowest BCUT2D eigenvalue weighted by Crippen LogP contribution is -2.53. The molecule has 7 heteroatoms. The van der Waals surface area contributed by atoms with Gasteiger partial charge in [-0.05, 0) is 79.6 Å². The highest BCUT2D eigenvalue weighted by molar-refractivity contribution is 7.98. The van der Waals surface area contributed by atoms with E-state index in [2.05, 4.69) is 29.7 Å². The SMILES string of the molecule is CCCC1CCC(c2ccc(C(=O)N[C@@H](CCSC)C(=O)N[C@@H](C(=O)OC)C(C)C)cc2)CC1. The van der Waals surface area contributed by atoms with Crippen molar-refractivity contribution < 1.29 is 19.1 Å². The van der Waals surface area contributed by atoms with Crippen molar-refractivity contribution in [1.29, 1.82) is 0 Å². The van der Waals surface area contributed by atoms with Gasteiger partial charge in [-0.15, -0.1) is 0 Å². The molecule has 2 atom stereocenters. The molecule has 1 aromatic rings. The minimum absolute atomic E-state index is 0.127. The van der Waals surface area contributed by atoms with E-state index in [0.29, 0.717) is 23.7 Å². The average Bonchev–Trinajstić information content (AvgIpc) is 2.84. The molecule has 6 nitrogen and oxygen atoms in total. The predicted octanol–water partition coefficient (Wildman–Crippen LogP) is 4.93. The summed E-state index contributed by atoms with van der Waals surface area (Å²) < 4.78 is 4.82. The van der Waals surface area contributed by atoms with Crippen LogP contribution in [0.4, 0.5) is 0 Å². The largest absolute Gasteiger partial charge is 0.467 e. The number of hydrogen-bond acceptors (Lipinski definition) is 5. The summed E-state index contributed by atoms with van der Waals surface area (Å²) in [5.41, 5.74) is 1.83. The van der Waals surface area contributed by atoms with Gasteiger partial charge in [-0.2, -0.15) is 11.8 Å². The van der Waals surface area contributed by atoms with Crippen molar-refractivity contribution in [2.24, 2.45) is 11.8 Å². The van der Waals surface area contributed by atoms with Crippen molar-refractivity contribution in [1.82, 2.24) is 10.6 Å². The Labute approximate surface area is 209 Å². The van der Waals surface area contributed by atoms with Crippen molar-refractivity contribution in [3.8, 4) is 0 Å². The molecule has 34 heavy (non-hydrogen) atoms. The highest BCUT2D eigenvalue weighted by Crippen LogP contribution is 2.37. The zero-order valence-electron chi connectivity index (χ0n) is 21.4. The molecule has 0 spiro atoms. The zero-order valence-corrected chi connectivity index (χ0v) is 22.2. The molecule has 1 aliphatic rings. The fourth-order valence-corrected chi connectivity index (χ4v) is 5.20.